The number of nitrogens with one attached hydrogen (secondary N) is 1. The maximum Gasteiger partial charge on any atom is 0.257 e. The van der Waals surface area contributed by atoms with Gasteiger partial charge in [0.05, 0.1) is 15.1 Å². The van der Waals surface area contributed by atoms with E-state index in [9.17, 15) is 13.2 Å². The maximum absolute atomic E-state index is 12.6. The summed E-state index contributed by atoms with van der Waals surface area (Å²) in [6, 6.07) is 12.0. The van der Waals surface area contributed by atoms with Crippen LogP contribution < -0.4 is 5.32 Å². The zero-order chi connectivity index (χ0) is 19.0. The number of benzene rings is 2. The largest absolute Gasteiger partial charge is 0.298 e. The number of amides is 1. The highest BCUT2D eigenvalue weighted by Gasteiger charge is 2.27. The summed E-state index contributed by atoms with van der Waals surface area (Å²) in [5, 5.41) is 3.32. The zero-order valence-electron chi connectivity index (χ0n) is 14.8. The number of rotatable bonds is 4. The van der Waals surface area contributed by atoms with Crippen molar-refractivity contribution in [2.45, 2.75) is 24.7 Å². The van der Waals surface area contributed by atoms with Crippen LogP contribution in [0.5, 0.6) is 0 Å². The van der Waals surface area contributed by atoms with Crippen molar-refractivity contribution in [1.29, 1.82) is 0 Å². The van der Waals surface area contributed by atoms with Crippen LogP contribution in [0.25, 0.3) is 10.2 Å². The molecule has 0 saturated carbocycles. The summed E-state index contributed by atoms with van der Waals surface area (Å²) in [5.41, 5.74) is 2.33. The molecule has 1 aromatic heterocycles. The lowest BCUT2D eigenvalue weighted by molar-refractivity contribution is 0.102. The number of hydrogen-bond donors (Lipinski definition) is 1. The summed E-state index contributed by atoms with van der Waals surface area (Å²) in [7, 11) is -3.47. The number of carbonyl (C=O) groups excluding carboxylic acids is 1. The second-order valence-corrected chi connectivity index (χ2v) is 9.50. The molecule has 8 heteroatoms. The molecule has 0 spiro atoms. The van der Waals surface area contributed by atoms with Crippen LogP contribution in [0, 0.1) is 6.92 Å². The molecule has 0 radical (unpaired) electrons. The average molecular weight is 402 g/mol. The Morgan fingerprint density at radius 2 is 1.81 bits per heavy atom. The molecule has 0 bridgehead atoms. The van der Waals surface area contributed by atoms with Gasteiger partial charge in [-0.2, -0.15) is 4.31 Å². The third kappa shape index (κ3) is 3.47. The van der Waals surface area contributed by atoms with Crippen molar-refractivity contribution < 1.29 is 13.2 Å². The molecule has 27 heavy (non-hydrogen) atoms. The summed E-state index contributed by atoms with van der Waals surface area (Å²) in [6.45, 7) is 3.09. The van der Waals surface area contributed by atoms with Crippen LogP contribution >= 0.6 is 11.3 Å². The first-order valence-corrected chi connectivity index (χ1v) is 11.0. The fourth-order valence-electron chi connectivity index (χ4n) is 3.16. The number of fused-ring (bicyclic) bond motifs is 1. The van der Waals surface area contributed by atoms with E-state index in [1.165, 1.54) is 39.9 Å². The number of thiazole rings is 1. The summed E-state index contributed by atoms with van der Waals surface area (Å²) in [4.78, 5) is 17.2. The monoisotopic (exact) mass is 401 g/mol. The highest BCUT2D eigenvalue weighted by molar-refractivity contribution is 7.89. The molecule has 2 aromatic carbocycles. The molecule has 1 fully saturated rings. The molecule has 0 atom stereocenters. The smallest absolute Gasteiger partial charge is 0.257 e. The summed E-state index contributed by atoms with van der Waals surface area (Å²) >= 11 is 1.41. The standard InChI is InChI=1S/C19H19N3O3S2/c1-13-5-4-6-16-17(13)20-19(26-16)21-18(23)14-7-9-15(10-8-14)27(24,25)22-11-2-3-12-22/h4-10H,2-3,11-12H2,1H3,(H,20,21,23). The quantitative estimate of drug-likeness (QED) is 0.724. The van der Waals surface area contributed by atoms with E-state index in [2.05, 4.69) is 10.3 Å². The van der Waals surface area contributed by atoms with E-state index in [1.54, 1.807) is 0 Å². The van der Waals surface area contributed by atoms with Crippen LogP contribution in [0.4, 0.5) is 5.13 Å². The van der Waals surface area contributed by atoms with Crippen LogP contribution in [0.1, 0.15) is 28.8 Å². The van der Waals surface area contributed by atoms with Crippen LogP contribution in [-0.2, 0) is 10.0 Å². The first kappa shape index (κ1) is 18.1. The van der Waals surface area contributed by atoms with Crippen molar-refractivity contribution in [2.24, 2.45) is 0 Å². The normalized spacial score (nSPS) is 15.3. The minimum Gasteiger partial charge on any atom is -0.298 e. The summed E-state index contributed by atoms with van der Waals surface area (Å²) in [6.07, 6.45) is 1.78. The molecule has 140 valence electrons. The van der Waals surface area contributed by atoms with Gasteiger partial charge in [-0.15, -0.1) is 0 Å². The maximum atomic E-state index is 12.6. The van der Waals surface area contributed by atoms with Crippen molar-refractivity contribution in [3.05, 3.63) is 53.6 Å². The third-order valence-electron chi connectivity index (χ3n) is 4.66. The van der Waals surface area contributed by atoms with E-state index in [1.807, 2.05) is 25.1 Å². The lowest BCUT2D eigenvalue weighted by Gasteiger charge is -2.15. The van der Waals surface area contributed by atoms with Gasteiger partial charge in [0, 0.05) is 18.7 Å². The number of carbonyl (C=O) groups is 1. The Hall–Kier alpha value is -2.29. The molecule has 1 amide bonds. The van der Waals surface area contributed by atoms with Crippen LogP contribution in [0.15, 0.2) is 47.4 Å². The van der Waals surface area contributed by atoms with E-state index in [0.29, 0.717) is 23.8 Å². The Morgan fingerprint density at radius 1 is 1.11 bits per heavy atom. The van der Waals surface area contributed by atoms with Crippen LogP contribution in [-0.4, -0.2) is 36.7 Å². The van der Waals surface area contributed by atoms with E-state index in [4.69, 9.17) is 0 Å². The van der Waals surface area contributed by atoms with E-state index >= 15 is 0 Å². The molecule has 0 unspecified atom stereocenters. The Morgan fingerprint density at radius 3 is 2.48 bits per heavy atom. The number of anilines is 1. The molecule has 1 saturated heterocycles. The van der Waals surface area contributed by atoms with E-state index < -0.39 is 10.0 Å². The number of aryl methyl sites for hydroxylation is 1. The van der Waals surface area contributed by atoms with Crippen LogP contribution in [0.2, 0.25) is 0 Å². The third-order valence-corrected chi connectivity index (χ3v) is 7.51. The number of sulfonamides is 1. The van der Waals surface area contributed by atoms with Crippen molar-refractivity contribution in [1.82, 2.24) is 9.29 Å². The van der Waals surface area contributed by atoms with Crippen molar-refractivity contribution in [2.75, 3.05) is 18.4 Å². The molecular formula is C19H19N3O3S2. The molecule has 1 N–H and O–H groups in total. The fraction of sp³-hybridized carbons (Fsp3) is 0.263. The molecule has 1 aliphatic rings. The Labute approximate surface area is 161 Å². The number of aromatic nitrogens is 1. The minimum absolute atomic E-state index is 0.219. The fourth-order valence-corrected chi connectivity index (χ4v) is 5.62. The van der Waals surface area contributed by atoms with Gasteiger partial charge in [-0.1, -0.05) is 23.5 Å². The summed E-state index contributed by atoms with van der Waals surface area (Å²) in [5.74, 6) is -0.308. The predicted octanol–water partition coefficient (Wildman–Crippen LogP) is 3.64. The van der Waals surface area contributed by atoms with Crippen LogP contribution in [0.3, 0.4) is 0 Å². The van der Waals surface area contributed by atoms with Gasteiger partial charge in [0.15, 0.2) is 5.13 Å². The van der Waals surface area contributed by atoms with Gasteiger partial charge in [-0.05, 0) is 55.7 Å². The second-order valence-electron chi connectivity index (χ2n) is 6.53. The highest BCUT2D eigenvalue weighted by atomic mass is 32.2. The van der Waals surface area contributed by atoms with Gasteiger partial charge in [-0.25, -0.2) is 13.4 Å². The Balaban J connectivity index is 1.53. The minimum atomic E-state index is -3.47. The SMILES string of the molecule is Cc1cccc2sc(NC(=O)c3ccc(S(=O)(=O)N4CCCC4)cc3)nc12. The number of hydrogen-bond acceptors (Lipinski definition) is 5. The molecule has 4 rings (SSSR count). The van der Waals surface area contributed by atoms with Crippen molar-refractivity contribution in [3.63, 3.8) is 0 Å². The van der Waals surface area contributed by atoms with Gasteiger partial charge in [0.25, 0.3) is 5.91 Å². The van der Waals surface area contributed by atoms with Gasteiger partial charge in [0.2, 0.25) is 10.0 Å². The first-order valence-electron chi connectivity index (χ1n) is 8.73. The molecule has 1 aliphatic heterocycles. The topological polar surface area (TPSA) is 79.4 Å². The Kier molecular flexibility index (Phi) is 4.71. The van der Waals surface area contributed by atoms with Gasteiger partial charge in [0.1, 0.15) is 0 Å². The van der Waals surface area contributed by atoms with Gasteiger partial charge >= 0.3 is 0 Å². The first-order chi connectivity index (χ1) is 12.9. The summed E-state index contributed by atoms with van der Waals surface area (Å²) < 4.78 is 27.6. The molecule has 3 aromatic rings. The molecular weight excluding hydrogens is 382 g/mol. The average Bonchev–Trinajstić information content (AvgIpc) is 3.32. The number of para-hydroxylation sites is 1. The van der Waals surface area contributed by atoms with E-state index in [0.717, 1.165) is 28.6 Å². The van der Waals surface area contributed by atoms with Crippen molar-refractivity contribution >= 4 is 42.6 Å². The predicted molar refractivity (Wildman–Crippen MR) is 107 cm³/mol. The number of nitrogens with zero attached hydrogens (tertiary/aromatic N) is 2. The van der Waals surface area contributed by atoms with Crippen molar-refractivity contribution in [3.8, 4) is 0 Å². The van der Waals surface area contributed by atoms with Gasteiger partial charge < -0.3 is 0 Å². The molecule has 6 nitrogen and oxygen atoms in total. The Bertz CT molecular complexity index is 1100. The van der Waals surface area contributed by atoms with Gasteiger partial charge in [-0.3, -0.25) is 10.1 Å². The second kappa shape index (κ2) is 7.03. The molecule has 0 aliphatic carbocycles. The van der Waals surface area contributed by atoms with E-state index in [-0.39, 0.29) is 10.8 Å². The lowest BCUT2D eigenvalue weighted by Crippen LogP contribution is -2.27. The zero-order valence-corrected chi connectivity index (χ0v) is 16.4. The highest BCUT2D eigenvalue weighted by Crippen LogP contribution is 2.28. The lowest BCUT2D eigenvalue weighted by atomic mass is 10.2. The molecule has 2 heterocycles.